The second-order valence-corrected chi connectivity index (χ2v) is 7.76. The van der Waals surface area contributed by atoms with Crippen molar-refractivity contribution in [2.24, 2.45) is 0 Å². The van der Waals surface area contributed by atoms with Crippen molar-refractivity contribution in [3.8, 4) is 11.5 Å². The van der Waals surface area contributed by atoms with Crippen LogP contribution in [-0.2, 0) is 16.4 Å². The second kappa shape index (κ2) is 6.45. The Labute approximate surface area is 142 Å². The minimum atomic E-state index is -3.59. The molecule has 0 aliphatic carbocycles. The number of ether oxygens (including phenoxy) is 2. The van der Waals surface area contributed by atoms with E-state index in [0.717, 1.165) is 28.2 Å². The topological polar surface area (TPSA) is 64.6 Å². The molecule has 5 nitrogen and oxygen atoms in total. The fraction of sp³-hybridized carbons (Fsp3) is 0.333. The van der Waals surface area contributed by atoms with Gasteiger partial charge in [-0.1, -0.05) is 17.7 Å². The number of hydrogen-bond acceptors (Lipinski definition) is 4. The van der Waals surface area contributed by atoms with Gasteiger partial charge in [-0.25, -0.2) is 13.1 Å². The van der Waals surface area contributed by atoms with E-state index in [2.05, 4.69) is 4.72 Å². The molecule has 1 aliphatic rings. The highest BCUT2D eigenvalue weighted by Gasteiger charge is 2.26. The lowest BCUT2D eigenvalue weighted by Gasteiger charge is -2.26. The third-order valence-electron chi connectivity index (χ3n) is 4.12. The number of rotatable bonds is 4. The van der Waals surface area contributed by atoms with Crippen molar-refractivity contribution >= 4 is 10.0 Å². The molecular formula is C18H21NO4S. The molecule has 0 fully saturated rings. The molecule has 0 saturated heterocycles. The maximum Gasteiger partial charge on any atom is 0.241 e. The fourth-order valence-corrected chi connectivity index (χ4v) is 4.40. The molecule has 2 aromatic rings. The number of benzene rings is 2. The minimum Gasteiger partial charge on any atom is -0.497 e. The maximum atomic E-state index is 12.7. The Morgan fingerprint density at radius 2 is 1.96 bits per heavy atom. The first kappa shape index (κ1) is 16.8. The van der Waals surface area contributed by atoms with Gasteiger partial charge < -0.3 is 9.47 Å². The van der Waals surface area contributed by atoms with E-state index < -0.39 is 10.0 Å². The van der Waals surface area contributed by atoms with Gasteiger partial charge in [0.15, 0.2) is 0 Å². The summed E-state index contributed by atoms with van der Waals surface area (Å²) < 4.78 is 39.0. The molecular weight excluding hydrogens is 326 g/mol. The quantitative estimate of drug-likeness (QED) is 0.923. The standard InChI is InChI=1S/C18H21NO4S/c1-12-4-7-18(13(2)8-12)24(20,21)19-15-9-14-10-16(22-3)5-6-17(14)23-11-15/h4-8,10,15,19H,9,11H2,1-3H3/t15-/m0/s1. The zero-order valence-electron chi connectivity index (χ0n) is 14.0. The van der Waals surface area contributed by atoms with Crippen LogP contribution in [0.5, 0.6) is 11.5 Å². The van der Waals surface area contributed by atoms with Gasteiger partial charge in [0.25, 0.3) is 0 Å². The Kier molecular flexibility index (Phi) is 4.51. The van der Waals surface area contributed by atoms with Crippen LogP contribution in [0.15, 0.2) is 41.3 Å². The Morgan fingerprint density at radius 3 is 2.67 bits per heavy atom. The van der Waals surface area contributed by atoms with E-state index in [1.807, 2.05) is 31.2 Å². The maximum absolute atomic E-state index is 12.7. The first-order chi connectivity index (χ1) is 11.4. The van der Waals surface area contributed by atoms with Crippen LogP contribution >= 0.6 is 0 Å². The Bertz CT molecular complexity index is 861. The predicted octanol–water partition coefficient (Wildman–Crippen LogP) is 2.59. The Hall–Kier alpha value is -2.05. The highest BCUT2D eigenvalue weighted by Crippen LogP contribution is 2.29. The average Bonchev–Trinajstić information content (AvgIpc) is 2.53. The van der Waals surface area contributed by atoms with Gasteiger partial charge in [0.1, 0.15) is 18.1 Å². The van der Waals surface area contributed by atoms with Crippen molar-refractivity contribution in [3.05, 3.63) is 53.1 Å². The van der Waals surface area contributed by atoms with Gasteiger partial charge >= 0.3 is 0 Å². The smallest absolute Gasteiger partial charge is 0.241 e. The Balaban J connectivity index is 1.81. The van der Waals surface area contributed by atoms with Crippen LogP contribution in [0.4, 0.5) is 0 Å². The van der Waals surface area contributed by atoms with Gasteiger partial charge in [0.2, 0.25) is 10.0 Å². The molecule has 0 saturated carbocycles. The van der Waals surface area contributed by atoms with E-state index in [9.17, 15) is 8.42 Å². The summed E-state index contributed by atoms with van der Waals surface area (Å²) in [5.74, 6) is 1.51. The van der Waals surface area contributed by atoms with Crippen LogP contribution in [0.3, 0.4) is 0 Å². The molecule has 1 aliphatic heterocycles. The third-order valence-corrected chi connectivity index (χ3v) is 5.80. The lowest BCUT2D eigenvalue weighted by molar-refractivity contribution is 0.253. The molecule has 0 aromatic heterocycles. The molecule has 1 heterocycles. The summed E-state index contributed by atoms with van der Waals surface area (Å²) >= 11 is 0. The van der Waals surface area contributed by atoms with E-state index in [1.54, 1.807) is 26.2 Å². The first-order valence-electron chi connectivity index (χ1n) is 7.78. The van der Waals surface area contributed by atoms with Gasteiger partial charge in [0.05, 0.1) is 18.0 Å². The van der Waals surface area contributed by atoms with Crippen LogP contribution in [0, 0.1) is 13.8 Å². The number of aryl methyl sites for hydroxylation is 2. The lowest BCUT2D eigenvalue weighted by atomic mass is 10.0. The molecule has 0 unspecified atom stereocenters. The van der Waals surface area contributed by atoms with E-state index in [0.29, 0.717) is 17.9 Å². The fourth-order valence-electron chi connectivity index (χ4n) is 2.96. The van der Waals surface area contributed by atoms with Crippen molar-refractivity contribution in [1.82, 2.24) is 4.72 Å². The minimum absolute atomic E-state index is 0.309. The molecule has 24 heavy (non-hydrogen) atoms. The molecule has 6 heteroatoms. The van der Waals surface area contributed by atoms with Crippen molar-refractivity contribution in [1.29, 1.82) is 0 Å². The predicted molar refractivity (Wildman–Crippen MR) is 92.2 cm³/mol. The van der Waals surface area contributed by atoms with Crippen LogP contribution in [-0.4, -0.2) is 28.2 Å². The molecule has 0 spiro atoms. The van der Waals surface area contributed by atoms with Crippen LogP contribution in [0.1, 0.15) is 16.7 Å². The lowest BCUT2D eigenvalue weighted by Crippen LogP contribution is -2.42. The van der Waals surface area contributed by atoms with Crippen molar-refractivity contribution in [3.63, 3.8) is 0 Å². The van der Waals surface area contributed by atoms with Crippen molar-refractivity contribution in [2.45, 2.75) is 31.2 Å². The molecule has 2 aromatic carbocycles. The second-order valence-electron chi connectivity index (χ2n) is 6.08. The molecule has 1 N–H and O–H groups in total. The third kappa shape index (κ3) is 3.39. The zero-order valence-corrected chi connectivity index (χ0v) is 14.8. The number of methoxy groups -OCH3 is 1. The highest BCUT2D eigenvalue weighted by molar-refractivity contribution is 7.89. The molecule has 0 radical (unpaired) electrons. The monoisotopic (exact) mass is 347 g/mol. The van der Waals surface area contributed by atoms with Crippen molar-refractivity contribution < 1.29 is 17.9 Å². The zero-order chi connectivity index (χ0) is 17.3. The first-order valence-corrected chi connectivity index (χ1v) is 9.26. The SMILES string of the molecule is COc1ccc2c(c1)C[C@H](NS(=O)(=O)c1ccc(C)cc1C)CO2. The molecule has 0 bridgehead atoms. The molecule has 3 rings (SSSR count). The van der Waals surface area contributed by atoms with E-state index >= 15 is 0 Å². The molecule has 128 valence electrons. The van der Waals surface area contributed by atoms with Gasteiger partial charge in [-0.05, 0) is 55.7 Å². The summed E-state index contributed by atoms with van der Waals surface area (Å²) in [6.07, 6.45) is 0.566. The highest BCUT2D eigenvalue weighted by atomic mass is 32.2. The van der Waals surface area contributed by atoms with Gasteiger partial charge in [0, 0.05) is 0 Å². The van der Waals surface area contributed by atoms with Crippen molar-refractivity contribution in [2.75, 3.05) is 13.7 Å². The summed E-state index contributed by atoms with van der Waals surface area (Å²) in [7, 11) is -1.98. The summed E-state index contributed by atoms with van der Waals surface area (Å²) in [4.78, 5) is 0.310. The van der Waals surface area contributed by atoms with Crippen LogP contribution in [0.25, 0.3) is 0 Å². The summed E-state index contributed by atoms with van der Waals surface area (Å²) in [5.41, 5.74) is 2.71. The molecule has 1 atom stereocenters. The summed E-state index contributed by atoms with van der Waals surface area (Å²) in [5, 5.41) is 0. The van der Waals surface area contributed by atoms with Crippen LogP contribution < -0.4 is 14.2 Å². The summed E-state index contributed by atoms with van der Waals surface area (Å²) in [6.45, 7) is 4.05. The average molecular weight is 347 g/mol. The number of hydrogen-bond donors (Lipinski definition) is 1. The number of sulfonamides is 1. The Morgan fingerprint density at radius 1 is 1.17 bits per heavy atom. The van der Waals surface area contributed by atoms with Gasteiger partial charge in [-0.2, -0.15) is 0 Å². The summed E-state index contributed by atoms with van der Waals surface area (Å²) in [6, 6.07) is 10.6. The molecule has 0 amide bonds. The van der Waals surface area contributed by atoms with E-state index in [-0.39, 0.29) is 6.04 Å². The normalized spacial score (nSPS) is 17.0. The van der Waals surface area contributed by atoms with Gasteiger partial charge in [-0.15, -0.1) is 0 Å². The van der Waals surface area contributed by atoms with E-state index in [1.165, 1.54) is 0 Å². The van der Waals surface area contributed by atoms with Crippen LogP contribution in [0.2, 0.25) is 0 Å². The number of nitrogens with one attached hydrogen (secondary N) is 1. The van der Waals surface area contributed by atoms with E-state index in [4.69, 9.17) is 9.47 Å². The largest absolute Gasteiger partial charge is 0.497 e. The number of fused-ring (bicyclic) bond motifs is 1. The van der Waals surface area contributed by atoms with Gasteiger partial charge in [-0.3, -0.25) is 0 Å².